The molecule has 0 radical (unpaired) electrons. The number of fused-ring (bicyclic) bond motifs is 1. The van der Waals surface area contributed by atoms with Crippen LogP contribution in [-0.2, 0) is 7.05 Å². The molecule has 5 nitrogen and oxygen atoms in total. The highest BCUT2D eigenvalue weighted by Crippen LogP contribution is 2.18. The minimum absolute atomic E-state index is 0.226. The predicted octanol–water partition coefficient (Wildman–Crippen LogP) is 0.975. The van der Waals surface area contributed by atoms with Gasteiger partial charge in [0.2, 0.25) is 0 Å². The summed E-state index contributed by atoms with van der Waals surface area (Å²) in [4.78, 5) is 18.9. The lowest BCUT2D eigenvalue weighted by Gasteiger charge is -1.97. The molecule has 0 aromatic carbocycles. The summed E-state index contributed by atoms with van der Waals surface area (Å²) in [6.45, 7) is 1.83. The summed E-state index contributed by atoms with van der Waals surface area (Å²) in [5.41, 5.74) is 1.66. The Bertz CT molecular complexity index is 516. The van der Waals surface area contributed by atoms with Gasteiger partial charge in [0.15, 0.2) is 0 Å². The van der Waals surface area contributed by atoms with E-state index in [0.29, 0.717) is 5.65 Å². The maximum absolute atomic E-state index is 10.8. The van der Waals surface area contributed by atoms with Crippen LogP contribution in [0, 0.1) is 6.92 Å². The van der Waals surface area contributed by atoms with Crippen LogP contribution >= 0.6 is 0 Å². The van der Waals surface area contributed by atoms with Crippen LogP contribution in [0.5, 0.6) is 0 Å². The average Bonchev–Trinajstić information content (AvgIpc) is 2.46. The van der Waals surface area contributed by atoms with Crippen LogP contribution in [0.2, 0.25) is 0 Å². The molecule has 2 aromatic rings. The van der Waals surface area contributed by atoms with Crippen molar-refractivity contribution in [2.24, 2.45) is 7.05 Å². The largest absolute Gasteiger partial charge is 0.477 e. The lowest BCUT2D eigenvalue weighted by molar-refractivity contribution is 0.0687. The first-order chi connectivity index (χ1) is 6.61. The third-order valence-corrected chi connectivity index (χ3v) is 2.24. The first-order valence-electron chi connectivity index (χ1n) is 4.11. The van der Waals surface area contributed by atoms with Gasteiger partial charge in [0.1, 0.15) is 17.7 Å². The molecular weight excluding hydrogens is 182 g/mol. The minimum Gasteiger partial charge on any atom is -0.477 e. The second-order valence-corrected chi connectivity index (χ2v) is 3.09. The summed E-state index contributed by atoms with van der Waals surface area (Å²) in [5, 5.41) is 9.67. The molecule has 0 aliphatic heterocycles. The van der Waals surface area contributed by atoms with Crippen molar-refractivity contribution in [3.05, 3.63) is 23.8 Å². The number of carbonyl (C=O) groups is 1. The van der Waals surface area contributed by atoms with E-state index in [0.717, 1.165) is 11.1 Å². The Morgan fingerprint density at radius 1 is 1.50 bits per heavy atom. The zero-order chi connectivity index (χ0) is 10.3. The lowest BCUT2D eigenvalue weighted by atomic mass is 10.3. The number of hydrogen-bond acceptors (Lipinski definition) is 3. The van der Waals surface area contributed by atoms with Crippen molar-refractivity contribution in [3.63, 3.8) is 0 Å². The molecule has 5 heteroatoms. The summed E-state index contributed by atoms with van der Waals surface area (Å²) in [6.07, 6.45) is 1.43. The number of rotatable bonds is 1. The fourth-order valence-electron chi connectivity index (χ4n) is 1.46. The van der Waals surface area contributed by atoms with Crippen LogP contribution in [0.4, 0.5) is 0 Å². The maximum atomic E-state index is 10.8. The summed E-state index contributed by atoms with van der Waals surface area (Å²) in [5.74, 6) is -0.954. The highest BCUT2D eigenvalue weighted by Gasteiger charge is 2.13. The van der Waals surface area contributed by atoms with E-state index >= 15 is 0 Å². The highest BCUT2D eigenvalue weighted by molar-refractivity contribution is 5.93. The van der Waals surface area contributed by atoms with Crippen molar-refractivity contribution in [2.45, 2.75) is 6.92 Å². The molecule has 2 rings (SSSR count). The van der Waals surface area contributed by atoms with Gasteiger partial charge in [0.25, 0.3) is 0 Å². The summed E-state index contributed by atoms with van der Waals surface area (Å²) >= 11 is 0. The molecule has 0 spiro atoms. The molecule has 0 bridgehead atoms. The van der Waals surface area contributed by atoms with Crippen LogP contribution in [0.15, 0.2) is 12.4 Å². The number of carboxylic acids is 1. The van der Waals surface area contributed by atoms with E-state index < -0.39 is 5.97 Å². The number of nitrogens with zero attached hydrogens (tertiary/aromatic N) is 3. The molecule has 0 aliphatic rings. The number of carboxylic acid groups (broad SMARTS) is 1. The smallest absolute Gasteiger partial charge is 0.352 e. The molecule has 1 N–H and O–H groups in total. The summed E-state index contributed by atoms with van der Waals surface area (Å²) in [6, 6.07) is 1.59. The Morgan fingerprint density at radius 2 is 2.21 bits per heavy atom. The van der Waals surface area contributed by atoms with Crippen LogP contribution in [0.25, 0.3) is 11.0 Å². The molecule has 0 amide bonds. The minimum atomic E-state index is -0.954. The Morgan fingerprint density at radius 3 is 2.79 bits per heavy atom. The maximum Gasteiger partial charge on any atom is 0.352 e. The zero-order valence-electron chi connectivity index (χ0n) is 7.85. The number of aromatic carboxylic acids is 1. The van der Waals surface area contributed by atoms with Crippen molar-refractivity contribution in [2.75, 3.05) is 0 Å². The van der Waals surface area contributed by atoms with E-state index in [1.807, 2.05) is 6.92 Å². The van der Waals surface area contributed by atoms with Gasteiger partial charge in [-0.25, -0.2) is 14.8 Å². The summed E-state index contributed by atoms with van der Waals surface area (Å²) in [7, 11) is 1.68. The van der Waals surface area contributed by atoms with Gasteiger partial charge < -0.3 is 9.67 Å². The van der Waals surface area contributed by atoms with Crippen LogP contribution in [0.1, 0.15) is 16.2 Å². The van der Waals surface area contributed by atoms with E-state index in [2.05, 4.69) is 9.97 Å². The van der Waals surface area contributed by atoms with E-state index in [4.69, 9.17) is 5.11 Å². The van der Waals surface area contributed by atoms with Crippen LogP contribution in [-0.4, -0.2) is 25.6 Å². The Kier molecular flexibility index (Phi) is 1.73. The van der Waals surface area contributed by atoms with E-state index in [-0.39, 0.29) is 5.69 Å². The lowest BCUT2D eigenvalue weighted by Crippen LogP contribution is -2.04. The number of aryl methyl sites for hydroxylation is 2. The molecule has 0 unspecified atom stereocenters. The van der Waals surface area contributed by atoms with E-state index in [1.165, 1.54) is 6.33 Å². The first-order valence-corrected chi connectivity index (χ1v) is 4.11. The molecule has 0 fully saturated rings. The van der Waals surface area contributed by atoms with Gasteiger partial charge in [-0.3, -0.25) is 0 Å². The fourth-order valence-corrected chi connectivity index (χ4v) is 1.46. The molecular formula is C9H9N3O2. The zero-order valence-corrected chi connectivity index (χ0v) is 7.85. The fraction of sp³-hybridized carbons (Fsp3) is 0.222. The predicted molar refractivity (Wildman–Crippen MR) is 50.2 cm³/mol. The molecule has 2 heterocycles. The van der Waals surface area contributed by atoms with Gasteiger partial charge in [-0.1, -0.05) is 0 Å². The van der Waals surface area contributed by atoms with Crippen molar-refractivity contribution in [1.82, 2.24) is 14.5 Å². The standard InChI is InChI=1S/C9H9N3O2/c1-5-6-3-7(9(13)14)12(2)8(6)11-4-10-5/h3-4H,1-2H3,(H,13,14). The van der Waals surface area contributed by atoms with Crippen molar-refractivity contribution in [1.29, 1.82) is 0 Å². The van der Waals surface area contributed by atoms with Gasteiger partial charge in [-0.2, -0.15) is 0 Å². The molecule has 2 aromatic heterocycles. The molecule has 72 valence electrons. The number of aromatic nitrogens is 3. The molecule has 0 saturated carbocycles. The van der Waals surface area contributed by atoms with Gasteiger partial charge in [0.05, 0.1) is 5.69 Å². The number of hydrogen-bond donors (Lipinski definition) is 1. The van der Waals surface area contributed by atoms with Gasteiger partial charge in [-0.05, 0) is 13.0 Å². The normalized spacial score (nSPS) is 10.7. The van der Waals surface area contributed by atoms with Crippen LogP contribution < -0.4 is 0 Å². The topological polar surface area (TPSA) is 68.0 Å². The quantitative estimate of drug-likeness (QED) is 0.729. The third-order valence-electron chi connectivity index (χ3n) is 2.24. The first kappa shape index (κ1) is 8.68. The third kappa shape index (κ3) is 1.06. The average molecular weight is 191 g/mol. The van der Waals surface area contributed by atoms with Crippen LogP contribution in [0.3, 0.4) is 0 Å². The van der Waals surface area contributed by atoms with Gasteiger partial charge in [-0.15, -0.1) is 0 Å². The SMILES string of the molecule is Cc1ncnc2c1cc(C(=O)O)n2C. The Labute approximate surface area is 80.0 Å². The second-order valence-electron chi connectivity index (χ2n) is 3.09. The van der Waals surface area contributed by atoms with Gasteiger partial charge >= 0.3 is 5.97 Å². The molecule has 0 atom stereocenters. The van der Waals surface area contributed by atoms with Gasteiger partial charge in [0, 0.05) is 12.4 Å². The molecule has 0 saturated heterocycles. The Hall–Kier alpha value is -1.91. The van der Waals surface area contributed by atoms with E-state index in [9.17, 15) is 4.79 Å². The van der Waals surface area contributed by atoms with Crippen molar-refractivity contribution in [3.8, 4) is 0 Å². The van der Waals surface area contributed by atoms with E-state index in [1.54, 1.807) is 17.7 Å². The monoisotopic (exact) mass is 191 g/mol. The van der Waals surface area contributed by atoms with Crippen molar-refractivity contribution >= 4 is 17.0 Å². The molecule has 0 aliphatic carbocycles. The Balaban J connectivity index is 2.86. The second kappa shape index (κ2) is 2.80. The highest BCUT2D eigenvalue weighted by atomic mass is 16.4. The van der Waals surface area contributed by atoms with Crippen molar-refractivity contribution < 1.29 is 9.90 Å². The molecule has 14 heavy (non-hydrogen) atoms. The summed E-state index contributed by atoms with van der Waals surface area (Å²) < 4.78 is 1.55.